The average molecular weight is 471 g/mol. The van der Waals surface area contributed by atoms with Crippen molar-refractivity contribution in [1.29, 1.82) is 0 Å². The number of carbonyl (C=O) groups is 2. The van der Waals surface area contributed by atoms with Crippen molar-refractivity contribution in [3.63, 3.8) is 0 Å². The Morgan fingerprint density at radius 1 is 0.912 bits per heavy atom. The van der Waals surface area contributed by atoms with Crippen LogP contribution in [-0.2, 0) is 9.59 Å². The van der Waals surface area contributed by atoms with Gasteiger partial charge in [0.05, 0.1) is 6.54 Å². The normalized spacial score (nSPS) is 22.0. The lowest BCUT2D eigenvalue weighted by molar-refractivity contribution is -0.140. The van der Waals surface area contributed by atoms with Crippen molar-refractivity contribution < 1.29 is 14.3 Å². The highest BCUT2D eigenvalue weighted by atomic mass is 16.5. The molecule has 1 atom stereocenters. The lowest BCUT2D eigenvalue weighted by Crippen LogP contribution is -2.56. The summed E-state index contributed by atoms with van der Waals surface area (Å²) < 4.78 is 5.99. The van der Waals surface area contributed by atoms with Crippen molar-refractivity contribution in [2.75, 3.05) is 58.9 Å². The number of hydrogen-bond donors (Lipinski definition) is 0. The van der Waals surface area contributed by atoms with Crippen LogP contribution in [0.3, 0.4) is 0 Å². The first-order valence-electron chi connectivity index (χ1n) is 13.2. The third-order valence-electron chi connectivity index (χ3n) is 8.01. The zero-order valence-electron chi connectivity index (χ0n) is 21.3. The van der Waals surface area contributed by atoms with Gasteiger partial charge in [-0.05, 0) is 50.8 Å². The Kier molecular flexibility index (Phi) is 8.48. The summed E-state index contributed by atoms with van der Waals surface area (Å²) in [6.45, 7) is 12.8. The van der Waals surface area contributed by atoms with Crippen molar-refractivity contribution in [1.82, 2.24) is 19.6 Å². The molecule has 1 aromatic carbocycles. The fraction of sp³-hybridized carbons (Fsp3) is 0.704. The summed E-state index contributed by atoms with van der Waals surface area (Å²) >= 11 is 0. The Labute approximate surface area is 205 Å². The molecule has 7 heteroatoms. The van der Waals surface area contributed by atoms with Gasteiger partial charge in [0.25, 0.3) is 5.91 Å². The molecule has 0 spiro atoms. The van der Waals surface area contributed by atoms with Crippen LogP contribution in [0.5, 0.6) is 5.75 Å². The van der Waals surface area contributed by atoms with Crippen LogP contribution in [0.1, 0.15) is 50.2 Å². The van der Waals surface area contributed by atoms with Gasteiger partial charge < -0.3 is 14.5 Å². The van der Waals surface area contributed by atoms with Gasteiger partial charge in [-0.25, -0.2) is 0 Å². The Hall–Kier alpha value is -2.12. The van der Waals surface area contributed by atoms with Crippen LogP contribution in [0.25, 0.3) is 0 Å². The summed E-state index contributed by atoms with van der Waals surface area (Å²) in [4.78, 5) is 34.5. The second kappa shape index (κ2) is 11.5. The molecule has 3 fully saturated rings. The number of aryl methyl sites for hydroxylation is 1. The summed E-state index contributed by atoms with van der Waals surface area (Å²) in [5, 5.41) is 0. The van der Waals surface area contributed by atoms with Crippen molar-refractivity contribution in [2.24, 2.45) is 0 Å². The molecule has 7 nitrogen and oxygen atoms in total. The lowest BCUT2D eigenvalue weighted by atomic mass is 9.94. The minimum absolute atomic E-state index is 0.0192. The van der Waals surface area contributed by atoms with Gasteiger partial charge in [0.2, 0.25) is 5.91 Å². The van der Waals surface area contributed by atoms with Gasteiger partial charge in [0.15, 0.2) is 6.10 Å². The molecular weight excluding hydrogens is 428 g/mol. The van der Waals surface area contributed by atoms with Gasteiger partial charge in [0.1, 0.15) is 5.75 Å². The first-order chi connectivity index (χ1) is 16.4. The number of carbonyl (C=O) groups excluding carboxylic acids is 2. The minimum Gasteiger partial charge on any atom is -0.481 e. The molecule has 0 N–H and O–H groups in total. The molecule has 2 amide bonds. The van der Waals surface area contributed by atoms with Gasteiger partial charge in [-0.1, -0.05) is 31.4 Å². The Bertz CT molecular complexity index is 838. The molecule has 0 bridgehead atoms. The summed E-state index contributed by atoms with van der Waals surface area (Å²) in [6.07, 6.45) is 6.22. The van der Waals surface area contributed by atoms with Crippen molar-refractivity contribution in [3.8, 4) is 5.75 Å². The van der Waals surface area contributed by atoms with Crippen molar-refractivity contribution >= 4 is 11.8 Å². The van der Waals surface area contributed by atoms with E-state index in [1.54, 1.807) is 0 Å². The van der Waals surface area contributed by atoms with Crippen molar-refractivity contribution in [3.05, 3.63) is 29.3 Å². The Balaban J connectivity index is 1.18. The van der Waals surface area contributed by atoms with Crippen LogP contribution in [0, 0.1) is 13.8 Å². The molecule has 34 heavy (non-hydrogen) atoms. The largest absolute Gasteiger partial charge is 0.481 e. The zero-order chi connectivity index (χ0) is 24.1. The smallest absolute Gasteiger partial charge is 0.263 e. The zero-order valence-corrected chi connectivity index (χ0v) is 21.3. The molecular formula is C27H42N4O3. The topological polar surface area (TPSA) is 56.3 Å². The van der Waals surface area contributed by atoms with Gasteiger partial charge >= 0.3 is 0 Å². The van der Waals surface area contributed by atoms with E-state index in [-0.39, 0.29) is 11.8 Å². The first-order valence-corrected chi connectivity index (χ1v) is 13.2. The fourth-order valence-corrected chi connectivity index (χ4v) is 5.55. The molecule has 0 aromatic heterocycles. The number of hydrogen-bond acceptors (Lipinski definition) is 5. The fourth-order valence-electron chi connectivity index (χ4n) is 5.55. The molecule has 3 aliphatic rings. The van der Waals surface area contributed by atoms with Crippen LogP contribution in [0.2, 0.25) is 0 Å². The predicted octanol–water partition coefficient (Wildman–Crippen LogP) is 2.69. The standard InChI is InChI=1S/C27H42N4O3/c1-21-8-7-11-25(22(21)2)34-23(3)27(33)31-14-12-28(13-15-31)20-26(32)30-18-16-29(17-19-30)24-9-5-4-6-10-24/h7-8,11,23-24H,4-6,9-10,12-20H2,1-3H3. The van der Waals surface area contributed by atoms with Gasteiger partial charge in [-0.15, -0.1) is 0 Å². The maximum absolute atomic E-state index is 12.9. The van der Waals surface area contributed by atoms with E-state index < -0.39 is 6.10 Å². The van der Waals surface area contributed by atoms with E-state index in [2.05, 4.69) is 9.80 Å². The number of ether oxygens (including phenoxy) is 1. The number of piperazine rings is 2. The summed E-state index contributed by atoms with van der Waals surface area (Å²) in [6, 6.07) is 6.66. The molecule has 188 valence electrons. The van der Waals surface area contributed by atoms with E-state index in [9.17, 15) is 9.59 Å². The molecule has 1 aromatic rings. The van der Waals surface area contributed by atoms with Gasteiger partial charge in [0, 0.05) is 58.4 Å². The van der Waals surface area contributed by atoms with Gasteiger partial charge in [-0.3, -0.25) is 19.4 Å². The van der Waals surface area contributed by atoms with E-state index in [4.69, 9.17) is 4.74 Å². The summed E-state index contributed by atoms with van der Waals surface area (Å²) in [7, 11) is 0. The SMILES string of the molecule is Cc1cccc(OC(C)C(=O)N2CCN(CC(=O)N3CCN(C4CCCCC4)CC3)CC2)c1C. The van der Waals surface area contributed by atoms with E-state index in [1.807, 2.05) is 48.8 Å². The second-order valence-corrected chi connectivity index (χ2v) is 10.3. The molecule has 2 aliphatic heterocycles. The van der Waals surface area contributed by atoms with Crippen LogP contribution >= 0.6 is 0 Å². The third-order valence-corrected chi connectivity index (χ3v) is 8.01. The molecule has 0 radical (unpaired) electrons. The average Bonchev–Trinajstić information content (AvgIpc) is 2.87. The lowest BCUT2D eigenvalue weighted by Gasteiger charge is -2.41. The maximum atomic E-state index is 12.9. The molecule has 1 aliphatic carbocycles. The van der Waals surface area contributed by atoms with E-state index in [0.717, 1.165) is 62.2 Å². The predicted molar refractivity (Wildman–Crippen MR) is 134 cm³/mol. The highest BCUT2D eigenvalue weighted by Gasteiger charge is 2.30. The van der Waals surface area contributed by atoms with E-state index >= 15 is 0 Å². The number of amides is 2. The van der Waals surface area contributed by atoms with E-state index in [1.165, 1.54) is 32.1 Å². The molecule has 2 saturated heterocycles. The second-order valence-electron chi connectivity index (χ2n) is 10.3. The maximum Gasteiger partial charge on any atom is 0.263 e. The van der Waals surface area contributed by atoms with Gasteiger partial charge in [-0.2, -0.15) is 0 Å². The van der Waals surface area contributed by atoms with Crippen LogP contribution in [-0.4, -0.2) is 102 Å². The van der Waals surface area contributed by atoms with Crippen LogP contribution in [0.15, 0.2) is 18.2 Å². The monoisotopic (exact) mass is 470 g/mol. The van der Waals surface area contributed by atoms with E-state index in [0.29, 0.717) is 19.6 Å². The summed E-state index contributed by atoms with van der Waals surface area (Å²) in [5.74, 6) is 1.02. The molecule has 2 heterocycles. The third kappa shape index (κ3) is 6.11. The number of nitrogens with zero attached hydrogens (tertiary/aromatic N) is 4. The Morgan fingerprint density at radius 3 is 2.24 bits per heavy atom. The molecule has 1 unspecified atom stereocenters. The highest BCUT2D eigenvalue weighted by Crippen LogP contribution is 2.24. The minimum atomic E-state index is -0.519. The number of rotatable bonds is 6. The number of benzene rings is 1. The first kappa shape index (κ1) is 25.0. The van der Waals surface area contributed by atoms with Crippen LogP contribution < -0.4 is 4.74 Å². The quantitative estimate of drug-likeness (QED) is 0.640. The van der Waals surface area contributed by atoms with Crippen LogP contribution in [0.4, 0.5) is 0 Å². The van der Waals surface area contributed by atoms with Crippen molar-refractivity contribution in [2.45, 2.75) is 65.0 Å². The summed E-state index contributed by atoms with van der Waals surface area (Å²) in [5.41, 5.74) is 2.23. The molecule has 1 saturated carbocycles. The highest BCUT2D eigenvalue weighted by molar-refractivity contribution is 5.81. The Morgan fingerprint density at radius 2 is 1.56 bits per heavy atom. The molecule has 4 rings (SSSR count).